The van der Waals surface area contributed by atoms with Crippen molar-refractivity contribution in [2.24, 2.45) is 0 Å². The van der Waals surface area contributed by atoms with Gasteiger partial charge >= 0.3 is 0 Å². The van der Waals surface area contributed by atoms with Crippen molar-refractivity contribution >= 4 is 5.57 Å². The molecule has 0 amide bonds. The van der Waals surface area contributed by atoms with Gasteiger partial charge in [-0.3, -0.25) is 0 Å². The Bertz CT molecular complexity index is 639. The van der Waals surface area contributed by atoms with Crippen LogP contribution in [0.4, 0.5) is 0 Å². The molecule has 1 aliphatic rings. The Morgan fingerprint density at radius 1 is 0.900 bits per heavy atom. The van der Waals surface area contributed by atoms with Crippen molar-refractivity contribution in [2.45, 2.75) is 12.8 Å². The van der Waals surface area contributed by atoms with E-state index < -0.39 is 0 Å². The molecule has 0 N–H and O–H groups in total. The predicted molar refractivity (Wildman–Crippen MR) is 81.7 cm³/mol. The van der Waals surface area contributed by atoms with Crippen LogP contribution < -0.4 is 4.74 Å². The first-order chi connectivity index (χ1) is 9.81. The zero-order chi connectivity index (χ0) is 13.9. The van der Waals surface area contributed by atoms with E-state index in [0.29, 0.717) is 0 Å². The molecule has 0 aromatic heterocycles. The van der Waals surface area contributed by atoms with E-state index >= 15 is 0 Å². The quantitative estimate of drug-likeness (QED) is 0.771. The number of fused-ring (bicyclic) bond motifs is 1. The molecule has 0 heterocycles. The molecule has 0 atom stereocenters. The Balaban J connectivity index is 1.95. The SMILES string of the molecule is CO/C=C1\CCc2cc(-c3ccc(OC)cc3)ccc21. The molecule has 102 valence electrons. The van der Waals surface area contributed by atoms with Gasteiger partial charge in [0.05, 0.1) is 20.5 Å². The van der Waals surface area contributed by atoms with Gasteiger partial charge < -0.3 is 9.47 Å². The predicted octanol–water partition coefficient (Wildman–Crippen LogP) is 4.30. The number of benzene rings is 2. The smallest absolute Gasteiger partial charge is 0.118 e. The molecule has 0 saturated heterocycles. The summed E-state index contributed by atoms with van der Waals surface area (Å²) in [5, 5.41) is 0. The molecule has 2 heteroatoms. The standard InChI is InChI=1S/C18H18O2/c1-19-12-16-4-3-15-11-14(7-10-18(15)16)13-5-8-17(20-2)9-6-13/h5-12H,3-4H2,1-2H3/b16-12+. The molecule has 0 aliphatic heterocycles. The first kappa shape index (κ1) is 12.8. The Hall–Kier alpha value is -2.22. The van der Waals surface area contributed by atoms with Crippen molar-refractivity contribution in [1.82, 2.24) is 0 Å². The molecule has 2 aromatic rings. The molecular weight excluding hydrogens is 248 g/mol. The van der Waals surface area contributed by atoms with Gasteiger partial charge in [0.15, 0.2) is 0 Å². The molecule has 20 heavy (non-hydrogen) atoms. The molecule has 2 aromatic carbocycles. The van der Waals surface area contributed by atoms with Gasteiger partial charge in [0.25, 0.3) is 0 Å². The second kappa shape index (κ2) is 5.41. The normalized spacial score (nSPS) is 15.2. The highest BCUT2D eigenvalue weighted by Crippen LogP contribution is 2.35. The van der Waals surface area contributed by atoms with Crippen LogP contribution in [-0.4, -0.2) is 14.2 Å². The molecule has 0 fully saturated rings. The number of hydrogen-bond acceptors (Lipinski definition) is 2. The van der Waals surface area contributed by atoms with Gasteiger partial charge in [-0.15, -0.1) is 0 Å². The summed E-state index contributed by atoms with van der Waals surface area (Å²) in [6.45, 7) is 0. The number of hydrogen-bond donors (Lipinski definition) is 0. The van der Waals surface area contributed by atoms with E-state index in [1.54, 1.807) is 14.2 Å². The minimum atomic E-state index is 0.889. The second-order valence-corrected chi connectivity index (χ2v) is 4.98. The van der Waals surface area contributed by atoms with Crippen LogP contribution in [0.5, 0.6) is 5.75 Å². The highest BCUT2D eigenvalue weighted by atomic mass is 16.5. The van der Waals surface area contributed by atoms with Crippen LogP contribution in [0.25, 0.3) is 16.7 Å². The number of rotatable bonds is 3. The zero-order valence-electron chi connectivity index (χ0n) is 11.8. The number of methoxy groups -OCH3 is 2. The van der Waals surface area contributed by atoms with Crippen molar-refractivity contribution in [3.05, 3.63) is 59.9 Å². The molecule has 3 rings (SSSR count). The van der Waals surface area contributed by atoms with E-state index in [4.69, 9.17) is 9.47 Å². The lowest BCUT2D eigenvalue weighted by Crippen LogP contribution is -1.86. The average Bonchev–Trinajstić information content (AvgIpc) is 2.90. The second-order valence-electron chi connectivity index (χ2n) is 4.98. The highest BCUT2D eigenvalue weighted by Gasteiger charge is 2.17. The minimum Gasteiger partial charge on any atom is -0.504 e. The first-order valence-electron chi connectivity index (χ1n) is 6.81. The fraction of sp³-hybridized carbons (Fsp3) is 0.222. The summed E-state index contributed by atoms with van der Waals surface area (Å²) >= 11 is 0. The molecule has 1 aliphatic carbocycles. The Kier molecular flexibility index (Phi) is 3.46. The van der Waals surface area contributed by atoms with E-state index in [1.165, 1.54) is 27.8 Å². The Labute approximate surface area is 119 Å². The monoisotopic (exact) mass is 266 g/mol. The van der Waals surface area contributed by atoms with Crippen LogP contribution >= 0.6 is 0 Å². The number of allylic oxidation sites excluding steroid dienone is 1. The van der Waals surface area contributed by atoms with E-state index in [9.17, 15) is 0 Å². The summed E-state index contributed by atoms with van der Waals surface area (Å²) < 4.78 is 10.3. The maximum atomic E-state index is 5.20. The number of aryl methyl sites for hydroxylation is 1. The minimum absolute atomic E-state index is 0.889. The summed E-state index contributed by atoms with van der Waals surface area (Å²) in [7, 11) is 3.39. The maximum Gasteiger partial charge on any atom is 0.118 e. The van der Waals surface area contributed by atoms with Crippen LogP contribution in [0.15, 0.2) is 48.7 Å². The summed E-state index contributed by atoms with van der Waals surface area (Å²) in [5.41, 5.74) is 6.50. The molecular formula is C18H18O2. The first-order valence-corrected chi connectivity index (χ1v) is 6.81. The maximum absolute atomic E-state index is 5.20. The van der Waals surface area contributed by atoms with E-state index in [-0.39, 0.29) is 0 Å². The lowest BCUT2D eigenvalue weighted by molar-refractivity contribution is 0.339. The van der Waals surface area contributed by atoms with Crippen molar-refractivity contribution in [3.8, 4) is 16.9 Å². The lowest BCUT2D eigenvalue weighted by Gasteiger charge is -2.07. The molecule has 2 nitrogen and oxygen atoms in total. The van der Waals surface area contributed by atoms with Crippen LogP contribution in [0.1, 0.15) is 17.5 Å². The van der Waals surface area contributed by atoms with Crippen molar-refractivity contribution in [1.29, 1.82) is 0 Å². The molecule has 0 saturated carbocycles. The largest absolute Gasteiger partial charge is 0.504 e. The van der Waals surface area contributed by atoms with Gasteiger partial charge in [-0.05, 0) is 52.8 Å². The highest BCUT2D eigenvalue weighted by molar-refractivity contribution is 5.76. The van der Waals surface area contributed by atoms with Crippen molar-refractivity contribution in [3.63, 3.8) is 0 Å². The molecule has 0 bridgehead atoms. The Morgan fingerprint density at radius 3 is 2.35 bits per heavy atom. The fourth-order valence-corrected chi connectivity index (χ4v) is 2.75. The topological polar surface area (TPSA) is 18.5 Å². The average molecular weight is 266 g/mol. The van der Waals surface area contributed by atoms with E-state index in [0.717, 1.165) is 18.6 Å². The number of ether oxygens (including phenoxy) is 2. The van der Waals surface area contributed by atoms with Gasteiger partial charge in [0.2, 0.25) is 0 Å². The van der Waals surface area contributed by atoms with Crippen LogP contribution in [0, 0.1) is 0 Å². The summed E-state index contributed by atoms with van der Waals surface area (Å²) in [4.78, 5) is 0. The molecule has 0 radical (unpaired) electrons. The third-order valence-corrected chi connectivity index (χ3v) is 3.80. The van der Waals surface area contributed by atoms with Gasteiger partial charge in [-0.25, -0.2) is 0 Å². The Morgan fingerprint density at radius 2 is 1.65 bits per heavy atom. The summed E-state index contributed by atoms with van der Waals surface area (Å²) in [5.74, 6) is 0.889. The zero-order valence-corrected chi connectivity index (χ0v) is 11.8. The summed E-state index contributed by atoms with van der Waals surface area (Å²) in [6.07, 6.45) is 4.02. The van der Waals surface area contributed by atoms with E-state index in [2.05, 4.69) is 30.3 Å². The van der Waals surface area contributed by atoms with Gasteiger partial charge in [0, 0.05) is 0 Å². The van der Waals surface area contributed by atoms with Crippen LogP contribution in [-0.2, 0) is 11.2 Å². The van der Waals surface area contributed by atoms with Crippen molar-refractivity contribution in [2.75, 3.05) is 14.2 Å². The lowest BCUT2D eigenvalue weighted by atomic mass is 10.00. The fourth-order valence-electron chi connectivity index (χ4n) is 2.75. The summed E-state index contributed by atoms with van der Waals surface area (Å²) in [6, 6.07) is 14.9. The van der Waals surface area contributed by atoms with Crippen LogP contribution in [0.3, 0.4) is 0 Å². The van der Waals surface area contributed by atoms with Crippen LogP contribution in [0.2, 0.25) is 0 Å². The van der Waals surface area contributed by atoms with Gasteiger partial charge in [-0.2, -0.15) is 0 Å². The molecule has 0 spiro atoms. The van der Waals surface area contributed by atoms with E-state index in [1.807, 2.05) is 18.4 Å². The van der Waals surface area contributed by atoms with Crippen molar-refractivity contribution < 1.29 is 9.47 Å². The third-order valence-electron chi connectivity index (χ3n) is 3.80. The third kappa shape index (κ3) is 2.29. The van der Waals surface area contributed by atoms with Gasteiger partial charge in [0.1, 0.15) is 5.75 Å². The molecule has 0 unspecified atom stereocenters. The van der Waals surface area contributed by atoms with Gasteiger partial charge in [-0.1, -0.05) is 30.3 Å².